The highest BCUT2D eigenvalue weighted by Gasteiger charge is 2.29. The van der Waals surface area contributed by atoms with Crippen molar-refractivity contribution >= 4 is 50.5 Å². The van der Waals surface area contributed by atoms with E-state index in [0.29, 0.717) is 33.7 Å². The van der Waals surface area contributed by atoms with Gasteiger partial charge < -0.3 is 10.1 Å². The summed E-state index contributed by atoms with van der Waals surface area (Å²) in [4.78, 5) is 12.6. The first kappa shape index (κ1) is 22.5. The van der Waals surface area contributed by atoms with E-state index in [1.807, 2.05) is 6.07 Å². The number of benzene rings is 3. The molecule has 0 aliphatic carbocycles. The molecule has 1 aliphatic rings. The van der Waals surface area contributed by atoms with Gasteiger partial charge in [-0.3, -0.25) is 9.10 Å². The molecule has 0 saturated carbocycles. The van der Waals surface area contributed by atoms with E-state index in [9.17, 15) is 13.2 Å². The normalized spacial score (nSPS) is 13.4. The molecular weight excluding hydrogens is 471 g/mol. The first-order chi connectivity index (χ1) is 15.3. The van der Waals surface area contributed by atoms with Crippen LogP contribution in [0.15, 0.2) is 71.6 Å². The van der Waals surface area contributed by atoms with Gasteiger partial charge in [0.15, 0.2) is 6.61 Å². The van der Waals surface area contributed by atoms with E-state index in [-0.39, 0.29) is 11.5 Å². The van der Waals surface area contributed by atoms with Crippen molar-refractivity contribution in [2.24, 2.45) is 0 Å². The lowest BCUT2D eigenvalue weighted by Gasteiger charge is -2.31. The molecule has 6 nitrogen and oxygen atoms in total. The van der Waals surface area contributed by atoms with Crippen LogP contribution in [0.3, 0.4) is 0 Å². The number of aryl methyl sites for hydroxylation is 1. The Labute approximate surface area is 196 Å². The second-order valence-electron chi connectivity index (χ2n) is 7.25. The maximum Gasteiger partial charge on any atom is 0.264 e. The average molecular weight is 491 g/mol. The predicted molar refractivity (Wildman–Crippen MR) is 126 cm³/mol. The van der Waals surface area contributed by atoms with Gasteiger partial charge in [0, 0.05) is 17.3 Å². The van der Waals surface area contributed by atoms with Crippen LogP contribution in [0, 0.1) is 0 Å². The highest BCUT2D eigenvalue weighted by atomic mass is 35.5. The van der Waals surface area contributed by atoms with E-state index in [1.165, 1.54) is 10.4 Å². The Hall–Kier alpha value is -2.74. The number of halogens is 2. The minimum absolute atomic E-state index is 0.232. The Morgan fingerprint density at radius 1 is 1.03 bits per heavy atom. The highest BCUT2D eigenvalue weighted by molar-refractivity contribution is 7.92. The molecule has 0 atom stereocenters. The van der Waals surface area contributed by atoms with Crippen LogP contribution in [-0.2, 0) is 21.2 Å². The van der Waals surface area contributed by atoms with Gasteiger partial charge in [0.25, 0.3) is 15.9 Å². The highest BCUT2D eigenvalue weighted by Crippen LogP contribution is 2.34. The molecule has 0 bridgehead atoms. The number of hydrogen-bond donors (Lipinski definition) is 1. The number of carbonyl (C=O) groups is 1. The van der Waals surface area contributed by atoms with Gasteiger partial charge in [0.1, 0.15) is 5.75 Å². The van der Waals surface area contributed by atoms with Gasteiger partial charge in [0.2, 0.25) is 0 Å². The number of fused-ring (bicyclic) bond motifs is 1. The fourth-order valence-corrected chi connectivity index (χ4v) is 5.54. The number of carbonyl (C=O) groups excluding carboxylic acids is 1. The molecule has 0 radical (unpaired) electrons. The zero-order valence-electron chi connectivity index (χ0n) is 16.9. The fourth-order valence-electron chi connectivity index (χ4n) is 3.52. The monoisotopic (exact) mass is 490 g/mol. The zero-order chi connectivity index (χ0) is 22.7. The number of hydrogen-bond acceptors (Lipinski definition) is 4. The van der Waals surface area contributed by atoms with E-state index >= 15 is 0 Å². The summed E-state index contributed by atoms with van der Waals surface area (Å²) in [5.41, 5.74) is 1.97. The van der Waals surface area contributed by atoms with E-state index in [0.717, 1.165) is 18.4 Å². The zero-order valence-corrected chi connectivity index (χ0v) is 19.3. The number of ether oxygens (including phenoxy) is 1. The summed E-state index contributed by atoms with van der Waals surface area (Å²) < 4.78 is 33.3. The van der Waals surface area contributed by atoms with Gasteiger partial charge in [-0.1, -0.05) is 47.5 Å². The van der Waals surface area contributed by atoms with E-state index in [2.05, 4.69) is 5.32 Å². The standard InChI is InChI=1S/C23H20Cl2N2O4S/c24-17-9-11-22(20(25)13-17)31-15-23(28)26-18-10-8-16-5-4-12-27(21(16)14-18)32(29,30)19-6-2-1-3-7-19/h1-3,6-11,13-14H,4-5,12,15H2,(H,26,28). The maximum atomic E-state index is 13.2. The molecule has 1 aliphatic heterocycles. The van der Waals surface area contributed by atoms with Crippen molar-refractivity contribution in [2.45, 2.75) is 17.7 Å². The van der Waals surface area contributed by atoms with Crippen LogP contribution in [0.5, 0.6) is 5.75 Å². The molecule has 0 saturated heterocycles. The third-order valence-corrected chi connectivity index (χ3v) is 7.39. The third kappa shape index (κ3) is 4.85. The molecule has 1 N–H and O–H groups in total. The van der Waals surface area contributed by atoms with E-state index in [4.69, 9.17) is 27.9 Å². The number of nitrogens with one attached hydrogen (secondary N) is 1. The third-order valence-electron chi connectivity index (χ3n) is 5.03. The molecular formula is C23H20Cl2N2O4S. The van der Waals surface area contributed by atoms with Crippen molar-refractivity contribution in [2.75, 3.05) is 22.8 Å². The SMILES string of the molecule is O=C(COc1ccc(Cl)cc1Cl)Nc1ccc2c(c1)N(S(=O)(=O)c1ccccc1)CCC2. The van der Waals surface area contributed by atoms with Crippen LogP contribution in [0.4, 0.5) is 11.4 Å². The Bertz CT molecular complexity index is 1250. The van der Waals surface area contributed by atoms with Gasteiger partial charge in [-0.15, -0.1) is 0 Å². The van der Waals surface area contributed by atoms with Crippen LogP contribution in [-0.4, -0.2) is 27.5 Å². The lowest BCUT2D eigenvalue weighted by atomic mass is 10.0. The van der Waals surface area contributed by atoms with Crippen molar-refractivity contribution in [3.8, 4) is 5.75 Å². The number of sulfonamides is 1. The Morgan fingerprint density at radius 3 is 2.56 bits per heavy atom. The maximum absolute atomic E-state index is 13.2. The second kappa shape index (κ2) is 9.40. The van der Waals surface area contributed by atoms with Gasteiger partial charge >= 0.3 is 0 Å². The lowest BCUT2D eigenvalue weighted by Crippen LogP contribution is -2.35. The van der Waals surface area contributed by atoms with Crippen LogP contribution >= 0.6 is 23.2 Å². The average Bonchev–Trinajstić information content (AvgIpc) is 2.78. The fraction of sp³-hybridized carbons (Fsp3) is 0.174. The van der Waals surface area contributed by atoms with Crippen LogP contribution < -0.4 is 14.4 Å². The summed E-state index contributed by atoms with van der Waals surface area (Å²) >= 11 is 11.9. The summed E-state index contributed by atoms with van der Waals surface area (Å²) in [6.07, 6.45) is 1.49. The molecule has 9 heteroatoms. The van der Waals surface area contributed by atoms with Crippen molar-refractivity contribution in [3.05, 3.63) is 82.3 Å². The van der Waals surface area contributed by atoms with Crippen molar-refractivity contribution in [1.29, 1.82) is 0 Å². The first-order valence-corrected chi connectivity index (χ1v) is 12.1. The molecule has 32 heavy (non-hydrogen) atoms. The number of anilines is 2. The minimum atomic E-state index is -3.70. The smallest absolute Gasteiger partial charge is 0.264 e. The Kier molecular flexibility index (Phi) is 6.60. The molecule has 0 unspecified atom stereocenters. The molecule has 3 aromatic carbocycles. The van der Waals surface area contributed by atoms with Gasteiger partial charge in [-0.25, -0.2) is 8.42 Å². The summed E-state index contributed by atoms with van der Waals surface area (Å²) in [6, 6.07) is 18.3. The van der Waals surface area contributed by atoms with Crippen LogP contribution in [0.25, 0.3) is 0 Å². The predicted octanol–water partition coefficient (Wildman–Crippen LogP) is 5.15. The van der Waals surface area contributed by atoms with Crippen molar-refractivity contribution in [1.82, 2.24) is 0 Å². The summed E-state index contributed by atoms with van der Waals surface area (Å²) in [6.45, 7) is 0.115. The molecule has 0 spiro atoms. The van der Waals surface area contributed by atoms with Crippen molar-refractivity contribution < 1.29 is 17.9 Å². The molecule has 4 rings (SSSR count). The summed E-state index contributed by atoms with van der Waals surface area (Å²) in [5.74, 6) is -0.0546. The lowest BCUT2D eigenvalue weighted by molar-refractivity contribution is -0.118. The molecule has 1 heterocycles. The Balaban J connectivity index is 1.51. The molecule has 0 aromatic heterocycles. The minimum Gasteiger partial charge on any atom is -0.482 e. The number of rotatable bonds is 6. The quantitative estimate of drug-likeness (QED) is 0.518. The molecule has 0 fully saturated rings. The molecule has 1 amide bonds. The van der Waals surface area contributed by atoms with Crippen LogP contribution in [0.2, 0.25) is 10.0 Å². The van der Waals surface area contributed by atoms with E-state index in [1.54, 1.807) is 54.6 Å². The first-order valence-electron chi connectivity index (χ1n) is 9.93. The largest absolute Gasteiger partial charge is 0.482 e. The Morgan fingerprint density at radius 2 is 1.81 bits per heavy atom. The summed E-state index contributed by atoms with van der Waals surface area (Å²) in [5, 5.41) is 3.53. The molecule has 3 aromatic rings. The van der Waals surface area contributed by atoms with Gasteiger partial charge in [-0.05, 0) is 60.9 Å². The second-order valence-corrected chi connectivity index (χ2v) is 9.95. The van der Waals surface area contributed by atoms with Gasteiger partial charge in [-0.2, -0.15) is 0 Å². The number of nitrogens with zero attached hydrogens (tertiary/aromatic N) is 1. The summed E-state index contributed by atoms with van der Waals surface area (Å²) in [7, 11) is -3.70. The molecule has 166 valence electrons. The van der Waals surface area contributed by atoms with E-state index < -0.39 is 15.9 Å². The number of amides is 1. The van der Waals surface area contributed by atoms with Gasteiger partial charge in [0.05, 0.1) is 15.6 Å². The van der Waals surface area contributed by atoms with Crippen molar-refractivity contribution in [3.63, 3.8) is 0 Å². The topological polar surface area (TPSA) is 75.7 Å². The van der Waals surface area contributed by atoms with Crippen LogP contribution in [0.1, 0.15) is 12.0 Å².